The quantitative estimate of drug-likeness (QED) is 0.623. The second-order valence-electron chi connectivity index (χ2n) is 6.54. The molecule has 0 unspecified atom stereocenters. The highest BCUT2D eigenvalue weighted by Gasteiger charge is 2.25. The zero-order valence-electron chi connectivity index (χ0n) is 16.5. The Morgan fingerprint density at radius 1 is 1.10 bits per heavy atom. The molecule has 3 aromatic rings. The number of benzene rings is 1. The van der Waals surface area contributed by atoms with E-state index in [-0.39, 0.29) is 24.6 Å². The second-order valence-corrected chi connectivity index (χ2v) is 7.76. The summed E-state index contributed by atoms with van der Waals surface area (Å²) in [5.41, 5.74) is 2.82. The van der Waals surface area contributed by atoms with E-state index < -0.39 is 5.97 Å². The number of amides is 1. The van der Waals surface area contributed by atoms with Crippen LogP contribution in [0.2, 0.25) is 0 Å². The third-order valence-corrected chi connectivity index (χ3v) is 5.39. The molecule has 2 aromatic heterocycles. The number of thiophene rings is 1. The molecular weight excluding hydrogens is 388 g/mol. The van der Waals surface area contributed by atoms with Crippen LogP contribution in [0.25, 0.3) is 11.1 Å². The zero-order chi connectivity index (χ0) is 21.0. The Morgan fingerprint density at radius 3 is 2.48 bits per heavy atom. The van der Waals surface area contributed by atoms with Crippen molar-refractivity contribution in [3.05, 3.63) is 75.0 Å². The van der Waals surface area contributed by atoms with Gasteiger partial charge in [-0.3, -0.25) is 9.59 Å². The van der Waals surface area contributed by atoms with Crippen LogP contribution >= 0.6 is 11.3 Å². The van der Waals surface area contributed by atoms with Gasteiger partial charge in [-0.1, -0.05) is 35.9 Å². The first-order valence-corrected chi connectivity index (χ1v) is 10.0. The molecule has 1 aromatic carbocycles. The van der Waals surface area contributed by atoms with Gasteiger partial charge in [0.15, 0.2) is 0 Å². The maximum atomic E-state index is 12.7. The van der Waals surface area contributed by atoms with E-state index in [1.807, 2.05) is 38.1 Å². The molecule has 0 saturated heterocycles. The topological polar surface area (TPSA) is 77.4 Å². The first kappa shape index (κ1) is 20.5. The molecule has 0 saturated carbocycles. The molecule has 2 heterocycles. The van der Waals surface area contributed by atoms with E-state index in [0.717, 1.165) is 21.6 Å². The molecule has 1 amide bonds. The van der Waals surface area contributed by atoms with Crippen molar-refractivity contribution in [2.24, 2.45) is 0 Å². The highest BCUT2D eigenvalue weighted by molar-refractivity contribution is 7.17. The van der Waals surface area contributed by atoms with E-state index in [0.29, 0.717) is 10.6 Å². The minimum absolute atomic E-state index is 0.140. The van der Waals surface area contributed by atoms with Gasteiger partial charge in [-0.25, -0.2) is 4.79 Å². The molecular formula is C22H22N2O4S. The normalized spacial score (nSPS) is 10.6. The summed E-state index contributed by atoms with van der Waals surface area (Å²) in [6.07, 6.45) is 1.55. The van der Waals surface area contributed by atoms with Crippen molar-refractivity contribution < 1.29 is 14.3 Å². The van der Waals surface area contributed by atoms with Gasteiger partial charge < -0.3 is 14.6 Å². The van der Waals surface area contributed by atoms with Crippen molar-refractivity contribution in [1.29, 1.82) is 0 Å². The van der Waals surface area contributed by atoms with E-state index >= 15 is 0 Å². The van der Waals surface area contributed by atoms with Gasteiger partial charge in [0.25, 0.3) is 5.56 Å². The molecule has 1 N–H and O–H groups in total. The monoisotopic (exact) mass is 410 g/mol. The van der Waals surface area contributed by atoms with Crippen molar-refractivity contribution in [3.63, 3.8) is 0 Å². The number of hydrogen-bond donors (Lipinski definition) is 1. The number of esters is 1. The summed E-state index contributed by atoms with van der Waals surface area (Å²) >= 11 is 1.32. The Kier molecular flexibility index (Phi) is 6.29. The Bertz CT molecular complexity index is 1100. The predicted molar refractivity (Wildman–Crippen MR) is 115 cm³/mol. The number of ether oxygens (including phenoxy) is 1. The van der Waals surface area contributed by atoms with Crippen LogP contribution in [-0.2, 0) is 16.1 Å². The molecule has 6 nitrogen and oxygen atoms in total. The Hall–Kier alpha value is -3.19. The third kappa shape index (κ3) is 4.63. The van der Waals surface area contributed by atoms with Gasteiger partial charge in [-0.2, -0.15) is 0 Å². The van der Waals surface area contributed by atoms with Crippen LogP contribution in [0, 0.1) is 13.8 Å². The van der Waals surface area contributed by atoms with Gasteiger partial charge in [-0.15, -0.1) is 11.3 Å². The molecule has 7 heteroatoms. The van der Waals surface area contributed by atoms with E-state index in [1.54, 1.807) is 25.3 Å². The van der Waals surface area contributed by atoms with Crippen LogP contribution in [0.15, 0.2) is 53.5 Å². The first-order valence-electron chi connectivity index (χ1n) is 9.23. The molecule has 150 valence electrons. The number of rotatable bonds is 6. The average Bonchev–Trinajstić information content (AvgIpc) is 3.00. The summed E-state index contributed by atoms with van der Waals surface area (Å²) in [6, 6.07) is 12.5. The van der Waals surface area contributed by atoms with Gasteiger partial charge in [0, 0.05) is 22.7 Å². The smallest absolute Gasteiger partial charge is 0.341 e. The van der Waals surface area contributed by atoms with Crippen LogP contribution in [-0.4, -0.2) is 23.1 Å². The predicted octanol–water partition coefficient (Wildman–Crippen LogP) is 4.01. The van der Waals surface area contributed by atoms with Crippen LogP contribution < -0.4 is 10.9 Å². The van der Waals surface area contributed by atoms with Crippen molar-refractivity contribution >= 4 is 28.2 Å². The fourth-order valence-corrected chi connectivity index (χ4v) is 4.09. The lowest BCUT2D eigenvalue weighted by atomic mass is 10.0. The van der Waals surface area contributed by atoms with Crippen LogP contribution in [0.1, 0.15) is 27.7 Å². The Morgan fingerprint density at radius 2 is 1.83 bits per heavy atom. The van der Waals surface area contributed by atoms with Crippen molar-refractivity contribution in [1.82, 2.24) is 4.57 Å². The number of aromatic nitrogens is 1. The lowest BCUT2D eigenvalue weighted by molar-refractivity contribution is -0.116. The fraction of sp³-hybridized carbons (Fsp3) is 0.227. The van der Waals surface area contributed by atoms with E-state index in [4.69, 9.17) is 4.74 Å². The first-order chi connectivity index (χ1) is 13.9. The number of carbonyl (C=O) groups excluding carboxylic acids is 2. The number of hydrogen-bond acceptors (Lipinski definition) is 5. The van der Waals surface area contributed by atoms with E-state index in [9.17, 15) is 14.4 Å². The molecule has 0 aliphatic carbocycles. The summed E-state index contributed by atoms with van der Waals surface area (Å²) in [5, 5.41) is 3.21. The fourth-order valence-electron chi connectivity index (χ4n) is 3.01. The number of pyridine rings is 1. The minimum atomic E-state index is -0.486. The SMILES string of the molecule is CCOC(=O)c1c(NC(=O)Cn2ccccc2=O)sc(C)c1-c1ccc(C)cc1. The van der Waals surface area contributed by atoms with Crippen molar-refractivity contribution in [2.75, 3.05) is 11.9 Å². The molecule has 0 aliphatic rings. The number of anilines is 1. The van der Waals surface area contributed by atoms with Gasteiger partial charge >= 0.3 is 5.97 Å². The van der Waals surface area contributed by atoms with Crippen LogP contribution in [0.5, 0.6) is 0 Å². The summed E-state index contributed by atoms with van der Waals surface area (Å²) in [7, 11) is 0. The van der Waals surface area contributed by atoms with Gasteiger partial charge in [0.2, 0.25) is 5.91 Å². The molecule has 29 heavy (non-hydrogen) atoms. The summed E-state index contributed by atoms with van der Waals surface area (Å²) in [4.78, 5) is 38.0. The van der Waals surface area contributed by atoms with Crippen LogP contribution in [0.3, 0.4) is 0 Å². The lowest BCUT2D eigenvalue weighted by Gasteiger charge is -2.10. The Labute approximate surface area is 172 Å². The molecule has 0 bridgehead atoms. The summed E-state index contributed by atoms with van der Waals surface area (Å²) in [6.45, 7) is 5.73. The maximum Gasteiger partial charge on any atom is 0.341 e. The zero-order valence-corrected chi connectivity index (χ0v) is 17.3. The number of nitrogens with zero attached hydrogens (tertiary/aromatic N) is 1. The third-order valence-electron chi connectivity index (χ3n) is 4.37. The van der Waals surface area contributed by atoms with Crippen LogP contribution in [0.4, 0.5) is 5.00 Å². The van der Waals surface area contributed by atoms with Gasteiger partial charge in [0.1, 0.15) is 17.1 Å². The minimum Gasteiger partial charge on any atom is -0.462 e. The molecule has 0 fully saturated rings. The van der Waals surface area contributed by atoms with E-state index in [2.05, 4.69) is 5.32 Å². The molecule has 0 atom stereocenters. The second kappa shape index (κ2) is 8.87. The highest BCUT2D eigenvalue weighted by Crippen LogP contribution is 2.40. The number of nitrogens with one attached hydrogen (secondary N) is 1. The largest absolute Gasteiger partial charge is 0.462 e. The molecule has 0 spiro atoms. The molecule has 0 radical (unpaired) electrons. The van der Waals surface area contributed by atoms with Crippen molar-refractivity contribution in [2.45, 2.75) is 27.3 Å². The van der Waals surface area contributed by atoms with Gasteiger partial charge in [-0.05, 0) is 32.4 Å². The number of aryl methyl sites for hydroxylation is 2. The lowest BCUT2D eigenvalue weighted by Crippen LogP contribution is -2.26. The standard InChI is InChI=1S/C22H22N2O4S/c1-4-28-22(27)20-19(16-10-8-14(2)9-11-16)15(3)29-21(20)23-17(25)13-24-12-6-5-7-18(24)26/h5-12H,4,13H2,1-3H3,(H,23,25). The average molecular weight is 410 g/mol. The van der Waals surface area contributed by atoms with E-state index in [1.165, 1.54) is 22.0 Å². The highest BCUT2D eigenvalue weighted by atomic mass is 32.1. The summed E-state index contributed by atoms with van der Waals surface area (Å²) in [5.74, 6) is -0.875. The molecule has 3 rings (SSSR count). The van der Waals surface area contributed by atoms with Crippen molar-refractivity contribution in [3.8, 4) is 11.1 Å². The summed E-state index contributed by atoms with van der Waals surface area (Å²) < 4.78 is 6.55. The molecule has 0 aliphatic heterocycles. The maximum absolute atomic E-state index is 12.7. The van der Waals surface area contributed by atoms with Gasteiger partial charge in [0.05, 0.1) is 6.61 Å². The Balaban J connectivity index is 1.97. The number of carbonyl (C=O) groups is 2.